The highest BCUT2D eigenvalue weighted by molar-refractivity contribution is 4.78. The number of nitrogens with two attached hydrogens (primary N) is 1. The maximum Gasteiger partial charge on any atom is 0.0880 e. The van der Waals surface area contributed by atoms with Crippen LogP contribution in [0, 0.1) is 5.92 Å². The molecule has 0 spiro atoms. The molecule has 0 bridgehead atoms. The summed E-state index contributed by atoms with van der Waals surface area (Å²) >= 11 is 0. The van der Waals surface area contributed by atoms with E-state index >= 15 is 0 Å². The molecular formula is C11H25NO2. The summed E-state index contributed by atoms with van der Waals surface area (Å²) in [5, 5.41) is 10.2. The van der Waals surface area contributed by atoms with Gasteiger partial charge in [0.25, 0.3) is 0 Å². The summed E-state index contributed by atoms with van der Waals surface area (Å²) in [4.78, 5) is 0. The van der Waals surface area contributed by atoms with Gasteiger partial charge in [0, 0.05) is 7.11 Å². The second-order valence-corrected chi connectivity index (χ2v) is 4.48. The van der Waals surface area contributed by atoms with Crippen molar-refractivity contribution in [2.75, 3.05) is 20.3 Å². The Bertz CT molecular complexity index is 139. The van der Waals surface area contributed by atoms with Gasteiger partial charge < -0.3 is 15.6 Å². The lowest BCUT2D eigenvalue weighted by molar-refractivity contribution is -0.0469. The van der Waals surface area contributed by atoms with Crippen molar-refractivity contribution < 1.29 is 9.84 Å². The number of rotatable bonds is 8. The van der Waals surface area contributed by atoms with E-state index in [1.165, 1.54) is 0 Å². The number of hydrogen-bond acceptors (Lipinski definition) is 3. The molecule has 0 saturated heterocycles. The van der Waals surface area contributed by atoms with Crippen LogP contribution >= 0.6 is 0 Å². The highest BCUT2D eigenvalue weighted by atomic mass is 16.5. The highest BCUT2D eigenvalue weighted by Crippen LogP contribution is 2.22. The van der Waals surface area contributed by atoms with Gasteiger partial charge in [-0.25, -0.2) is 0 Å². The van der Waals surface area contributed by atoms with Gasteiger partial charge in [-0.15, -0.1) is 0 Å². The Kier molecular flexibility index (Phi) is 7.15. The third-order valence-corrected chi connectivity index (χ3v) is 2.45. The van der Waals surface area contributed by atoms with Crippen LogP contribution in [-0.4, -0.2) is 31.0 Å². The predicted octanol–water partition coefficient (Wildman–Crippen LogP) is 1.54. The first-order valence-electron chi connectivity index (χ1n) is 5.45. The summed E-state index contributed by atoms with van der Waals surface area (Å²) < 4.78 is 5.05. The topological polar surface area (TPSA) is 55.5 Å². The van der Waals surface area contributed by atoms with Crippen LogP contribution in [0.15, 0.2) is 0 Å². The van der Waals surface area contributed by atoms with Crippen LogP contribution in [0.1, 0.15) is 39.5 Å². The standard InChI is InChI=1S/C11H25NO2/c1-10(2)5-7-11(13,9-14-3)6-4-8-12/h10,13H,4-9,12H2,1-3H3. The Labute approximate surface area is 87.6 Å². The molecule has 0 aliphatic carbocycles. The van der Waals surface area contributed by atoms with E-state index in [0.717, 1.165) is 25.7 Å². The van der Waals surface area contributed by atoms with E-state index in [9.17, 15) is 5.11 Å². The molecule has 3 nitrogen and oxygen atoms in total. The van der Waals surface area contributed by atoms with Crippen molar-refractivity contribution in [2.45, 2.75) is 45.1 Å². The van der Waals surface area contributed by atoms with E-state index in [1.807, 2.05) is 0 Å². The first-order valence-corrected chi connectivity index (χ1v) is 5.45. The Hall–Kier alpha value is -0.120. The van der Waals surface area contributed by atoms with Crippen molar-refractivity contribution in [1.29, 1.82) is 0 Å². The van der Waals surface area contributed by atoms with Gasteiger partial charge in [0.15, 0.2) is 0 Å². The molecule has 0 aromatic heterocycles. The fourth-order valence-corrected chi connectivity index (χ4v) is 1.53. The van der Waals surface area contributed by atoms with Gasteiger partial charge in [0.05, 0.1) is 12.2 Å². The molecule has 86 valence electrons. The van der Waals surface area contributed by atoms with E-state index in [0.29, 0.717) is 19.1 Å². The lowest BCUT2D eigenvalue weighted by atomic mass is 9.90. The van der Waals surface area contributed by atoms with Crippen LogP contribution < -0.4 is 5.73 Å². The normalized spacial score (nSPS) is 15.9. The maximum atomic E-state index is 10.2. The molecule has 0 aliphatic rings. The van der Waals surface area contributed by atoms with Crippen molar-refractivity contribution in [3.05, 3.63) is 0 Å². The molecule has 0 radical (unpaired) electrons. The minimum Gasteiger partial charge on any atom is -0.387 e. The molecule has 0 saturated carbocycles. The van der Waals surface area contributed by atoms with E-state index in [2.05, 4.69) is 13.8 Å². The molecule has 0 rings (SSSR count). The predicted molar refractivity (Wildman–Crippen MR) is 59.2 cm³/mol. The molecular weight excluding hydrogens is 178 g/mol. The zero-order valence-corrected chi connectivity index (χ0v) is 9.75. The first kappa shape index (κ1) is 13.9. The quantitative estimate of drug-likeness (QED) is 0.629. The molecule has 0 amide bonds. The van der Waals surface area contributed by atoms with E-state index in [1.54, 1.807) is 7.11 Å². The lowest BCUT2D eigenvalue weighted by Crippen LogP contribution is -2.35. The smallest absolute Gasteiger partial charge is 0.0880 e. The zero-order valence-electron chi connectivity index (χ0n) is 9.75. The van der Waals surface area contributed by atoms with Gasteiger partial charge in [-0.3, -0.25) is 0 Å². The van der Waals surface area contributed by atoms with Gasteiger partial charge in [0.1, 0.15) is 0 Å². The van der Waals surface area contributed by atoms with Crippen molar-refractivity contribution in [3.8, 4) is 0 Å². The van der Waals surface area contributed by atoms with Crippen molar-refractivity contribution in [2.24, 2.45) is 11.7 Å². The minimum atomic E-state index is -0.668. The summed E-state index contributed by atoms with van der Waals surface area (Å²) in [6.45, 7) is 5.37. The average Bonchev–Trinajstić information content (AvgIpc) is 2.13. The zero-order chi connectivity index (χ0) is 11.0. The fraction of sp³-hybridized carbons (Fsp3) is 1.00. The Morgan fingerprint density at radius 1 is 1.36 bits per heavy atom. The summed E-state index contributed by atoms with van der Waals surface area (Å²) in [7, 11) is 1.63. The van der Waals surface area contributed by atoms with Crippen LogP contribution in [0.25, 0.3) is 0 Å². The average molecular weight is 203 g/mol. The molecule has 0 fully saturated rings. The van der Waals surface area contributed by atoms with Crippen molar-refractivity contribution in [1.82, 2.24) is 0 Å². The van der Waals surface area contributed by atoms with E-state index in [4.69, 9.17) is 10.5 Å². The van der Waals surface area contributed by atoms with Crippen LogP contribution in [0.2, 0.25) is 0 Å². The molecule has 0 aliphatic heterocycles. The highest BCUT2D eigenvalue weighted by Gasteiger charge is 2.25. The second-order valence-electron chi connectivity index (χ2n) is 4.48. The SMILES string of the molecule is COCC(O)(CCCN)CCC(C)C. The number of aliphatic hydroxyl groups is 1. The molecule has 0 heterocycles. The molecule has 1 unspecified atom stereocenters. The number of ether oxygens (including phenoxy) is 1. The fourth-order valence-electron chi connectivity index (χ4n) is 1.53. The van der Waals surface area contributed by atoms with Crippen LogP contribution in [0.3, 0.4) is 0 Å². The van der Waals surface area contributed by atoms with Crippen LogP contribution in [0.5, 0.6) is 0 Å². The van der Waals surface area contributed by atoms with Crippen molar-refractivity contribution >= 4 is 0 Å². The Morgan fingerprint density at radius 2 is 2.00 bits per heavy atom. The van der Waals surface area contributed by atoms with Crippen molar-refractivity contribution in [3.63, 3.8) is 0 Å². The molecule has 0 aromatic rings. The minimum absolute atomic E-state index is 0.416. The third kappa shape index (κ3) is 6.35. The number of methoxy groups -OCH3 is 1. The Morgan fingerprint density at radius 3 is 2.43 bits per heavy atom. The van der Waals surface area contributed by atoms with Gasteiger partial charge in [-0.1, -0.05) is 13.8 Å². The molecule has 0 aromatic carbocycles. The number of hydrogen-bond donors (Lipinski definition) is 2. The summed E-state index contributed by atoms with van der Waals surface area (Å²) in [6.07, 6.45) is 3.44. The largest absolute Gasteiger partial charge is 0.387 e. The molecule has 14 heavy (non-hydrogen) atoms. The van der Waals surface area contributed by atoms with Crippen LogP contribution in [0.4, 0.5) is 0 Å². The van der Waals surface area contributed by atoms with Crippen LogP contribution in [-0.2, 0) is 4.74 Å². The van der Waals surface area contributed by atoms with E-state index < -0.39 is 5.60 Å². The Balaban J connectivity index is 3.95. The third-order valence-electron chi connectivity index (χ3n) is 2.45. The second kappa shape index (κ2) is 7.21. The lowest BCUT2D eigenvalue weighted by Gasteiger charge is -2.28. The van der Waals surface area contributed by atoms with Gasteiger partial charge in [-0.05, 0) is 38.1 Å². The summed E-state index contributed by atoms with van der Waals surface area (Å²) in [6, 6.07) is 0. The van der Waals surface area contributed by atoms with Gasteiger partial charge >= 0.3 is 0 Å². The van der Waals surface area contributed by atoms with E-state index in [-0.39, 0.29) is 0 Å². The molecule has 3 heteroatoms. The first-order chi connectivity index (χ1) is 6.54. The van der Waals surface area contributed by atoms with Gasteiger partial charge in [0.2, 0.25) is 0 Å². The monoisotopic (exact) mass is 203 g/mol. The maximum absolute atomic E-state index is 10.2. The summed E-state index contributed by atoms with van der Waals surface area (Å²) in [5.74, 6) is 0.622. The molecule has 3 N–H and O–H groups in total. The summed E-state index contributed by atoms with van der Waals surface area (Å²) in [5.41, 5.74) is 4.77. The van der Waals surface area contributed by atoms with Gasteiger partial charge in [-0.2, -0.15) is 0 Å². The molecule has 1 atom stereocenters.